The number of aryl methyl sites for hydroxylation is 2. The summed E-state index contributed by atoms with van der Waals surface area (Å²) in [6.07, 6.45) is 2.69. The fraction of sp³-hybridized carbons (Fsp3) is 0.441. The number of halogens is 1. The van der Waals surface area contributed by atoms with Gasteiger partial charge in [-0.3, -0.25) is 4.79 Å². The predicted molar refractivity (Wildman–Crippen MR) is 161 cm³/mol. The van der Waals surface area contributed by atoms with E-state index in [0.717, 1.165) is 39.8 Å². The quantitative estimate of drug-likeness (QED) is 0.273. The molecule has 43 heavy (non-hydrogen) atoms. The molecular weight excluding hydrogens is 571 g/mol. The van der Waals surface area contributed by atoms with E-state index in [1.54, 1.807) is 0 Å². The molecule has 2 heterocycles. The van der Waals surface area contributed by atoms with Crippen LogP contribution in [0.5, 0.6) is 17.2 Å². The van der Waals surface area contributed by atoms with Crippen molar-refractivity contribution in [2.24, 2.45) is 5.92 Å². The van der Waals surface area contributed by atoms with Crippen molar-refractivity contribution in [1.82, 2.24) is 0 Å². The first-order chi connectivity index (χ1) is 20.6. The van der Waals surface area contributed by atoms with Crippen molar-refractivity contribution in [1.29, 1.82) is 0 Å². The van der Waals surface area contributed by atoms with Gasteiger partial charge in [-0.15, -0.1) is 0 Å². The third-order valence-electron chi connectivity index (χ3n) is 8.88. The van der Waals surface area contributed by atoms with E-state index in [9.17, 15) is 13.2 Å². The summed E-state index contributed by atoms with van der Waals surface area (Å²) >= 11 is 0. The van der Waals surface area contributed by atoms with E-state index >= 15 is 4.39 Å². The van der Waals surface area contributed by atoms with E-state index < -0.39 is 15.9 Å². The van der Waals surface area contributed by atoms with E-state index in [1.165, 1.54) is 13.2 Å². The van der Waals surface area contributed by atoms with Gasteiger partial charge in [0.2, 0.25) is 0 Å². The van der Waals surface area contributed by atoms with Crippen LogP contribution in [-0.4, -0.2) is 46.2 Å². The first-order valence-electron chi connectivity index (χ1n) is 14.9. The van der Waals surface area contributed by atoms with Gasteiger partial charge in [0.1, 0.15) is 29.2 Å². The van der Waals surface area contributed by atoms with Crippen LogP contribution in [0.2, 0.25) is 0 Å². The Balaban J connectivity index is 1.20. The summed E-state index contributed by atoms with van der Waals surface area (Å²) in [5, 5.41) is 0. The fourth-order valence-corrected chi connectivity index (χ4v) is 8.62. The maximum atomic E-state index is 15.4. The second kappa shape index (κ2) is 11.8. The van der Waals surface area contributed by atoms with E-state index in [4.69, 9.17) is 18.9 Å². The Morgan fingerprint density at radius 1 is 1.05 bits per heavy atom. The average Bonchev–Trinajstić information content (AvgIpc) is 3.57. The number of ether oxygens (including phenoxy) is 4. The first kappa shape index (κ1) is 29.5. The minimum absolute atomic E-state index is 0.00913. The summed E-state index contributed by atoms with van der Waals surface area (Å²) in [6, 6.07) is 12.9. The monoisotopic (exact) mass is 608 g/mol. The highest BCUT2D eigenvalue weighted by atomic mass is 32.2. The van der Waals surface area contributed by atoms with Crippen LogP contribution in [0, 0.1) is 25.6 Å². The number of carbonyl (C=O) groups is 1. The van der Waals surface area contributed by atoms with Gasteiger partial charge in [-0.25, -0.2) is 12.8 Å². The second-order valence-electron chi connectivity index (χ2n) is 12.0. The van der Waals surface area contributed by atoms with Crippen LogP contribution in [0.1, 0.15) is 65.5 Å². The summed E-state index contributed by atoms with van der Waals surface area (Å²) in [4.78, 5) is 11.8. The molecule has 1 saturated heterocycles. The summed E-state index contributed by atoms with van der Waals surface area (Å²) in [6.45, 7) is 4.83. The Hall–Kier alpha value is -3.59. The van der Waals surface area contributed by atoms with Crippen molar-refractivity contribution in [3.05, 3.63) is 76.1 Å². The molecule has 1 unspecified atom stereocenters. The zero-order valence-electron chi connectivity index (χ0n) is 24.8. The molecule has 6 rings (SSSR count). The number of hydrogen-bond acceptors (Lipinski definition) is 7. The highest BCUT2D eigenvalue weighted by molar-refractivity contribution is 7.91. The molecule has 9 heteroatoms. The lowest BCUT2D eigenvalue weighted by Crippen LogP contribution is -2.29. The molecule has 7 nitrogen and oxygen atoms in total. The van der Waals surface area contributed by atoms with E-state index in [0.29, 0.717) is 55.3 Å². The first-order valence-corrected chi connectivity index (χ1v) is 16.7. The Kier molecular flexibility index (Phi) is 8.11. The van der Waals surface area contributed by atoms with E-state index in [1.807, 2.05) is 50.2 Å². The standard InChI is InChI=1S/C34H37FO7S/c1-20-13-25(40-17-22-5-4-12-43(37,38)19-22)14-21(2)33(20)27-8-10-29(35)34-28(27)9-11-30(34)42-24-6-7-26-23(15-32(36)39-3)18-41-31(26)16-24/h6-8,10,13-14,16,22-23,30H,4-5,9,11-12,15,17-19H2,1-3H3/t22?,23-,30-/m1/s1. The zero-order chi connectivity index (χ0) is 30.3. The third-order valence-corrected chi connectivity index (χ3v) is 10.8. The molecular formula is C34H37FO7S. The molecule has 0 bridgehead atoms. The number of hydrogen-bond donors (Lipinski definition) is 0. The van der Waals surface area contributed by atoms with Crippen LogP contribution in [0.3, 0.4) is 0 Å². The predicted octanol–water partition coefficient (Wildman–Crippen LogP) is 6.42. The summed E-state index contributed by atoms with van der Waals surface area (Å²) in [5.41, 5.74) is 6.55. The van der Waals surface area contributed by atoms with Gasteiger partial charge < -0.3 is 18.9 Å². The van der Waals surface area contributed by atoms with Gasteiger partial charge in [0.25, 0.3) is 0 Å². The molecule has 1 fully saturated rings. The Morgan fingerprint density at radius 2 is 1.84 bits per heavy atom. The topological polar surface area (TPSA) is 88.1 Å². The van der Waals surface area contributed by atoms with Gasteiger partial charge in [-0.1, -0.05) is 12.1 Å². The zero-order valence-corrected chi connectivity index (χ0v) is 25.6. The Morgan fingerprint density at radius 3 is 2.58 bits per heavy atom. The van der Waals surface area contributed by atoms with Gasteiger partial charge >= 0.3 is 5.97 Å². The maximum absolute atomic E-state index is 15.4. The van der Waals surface area contributed by atoms with Gasteiger partial charge in [0.05, 0.1) is 38.3 Å². The van der Waals surface area contributed by atoms with Gasteiger partial charge in [0, 0.05) is 29.0 Å². The molecule has 1 aliphatic carbocycles. The highest BCUT2D eigenvalue weighted by Crippen LogP contribution is 2.45. The number of fused-ring (bicyclic) bond motifs is 2. The van der Waals surface area contributed by atoms with Crippen molar-refractivity contribution >= 4 is 15.8 Å². The molecule has 0 aromatic heterocycles. The molecule has 0 N–H and O–H groups in total. The number of carbonyl (C=O) groups excluding carboxylic acids is 1. The number of methoxy groups -OCH3 is 1. The Labute approximate surface area is 252 Å². The van der Waals surface area contributed by atoms with Crippen LogP contribution < -0.4 is 14.2 Å². The molecule has 3 aromatic rings. The molecule has 0 spiro atoms. The van der Waals surface area contributed by atoms with Gasteiger partial charge in [-0.05, 0) is 91.6 Å². The molecule has 3 aromatic carbocycles. The van der Waals surface area contributed by atoms with Crippen molar-refractivity contribution in [3.63, 3.8) is 0 Å². The second-order valence-corrected chi connectivity index (χ2v) is 14.2. The van der Waals surface area contributed by atoms with Crippen molar-refractivity contribution in [3.8, 4) is 28.4 Å². The molecule has 228 valence electrons. The van der Waals surface area contributed by atoms with Crippen molar-refractivity contribution in [2.75, 3.05) is 31.8 Å². The van der Waals surface area contributed by atoms with Gasteiger partial charge in [0.15, 0.2) is 9.84 Å². The normalized spacial score (nSPS) is 21.9. The minimum atomic E-state index is -2.98. The minimum Gasteiger partial charge on any atom is -0.493 e. The third kappa shape index (κ3) is 6.09. The van der Waals surface area contributed by atoms with Gasteiger partial charge in [-0.2, -0.15) is 0 Å². The molecule has 0 radical (unpaired) electrons. The van der Waals surface area contributed by atoms with Crippen LogP contribution in [-0.2, 0) is 25.8 Å². The smallest absolute Gasteiger partial charge is 0.306 e. The number of sulfone groups is 1. The molecule has 0 amide bonds. The SMILES string of the molecule is COC(=O)C[C@@H]1COc2cc(O[C@@H]3CCc4c(-c5c(C)cc(OCC6CCCS(=O)(=O)C6)cc5C)ccc(F)c43)ccc21. The van der Waals surface area contributed by atoms with E-state index in [-0.39, 0.29) is 41.5 Å². The molecule has 2 aliphatic heterocycles. The fourth-order valence-electron chi connectivity index (χ4n) is 6.87. The number of benzene rings is 3. The van der Waals surface area contributed by atoms with Crippen LogP contribution in [0.25, 0.3) is 11.1 Å². The Bertz CT molecular complexity index is 1640. The lowest BCUT2D eigenvalue weighted by atomic mass is 9.90. The number of rotatable bonds is 8. The van der Waals surface area contributed by atoms with E-state index in [2.05, 4.69) is 0 Å². The largest absolute Gasteiger partial charge is 0.493 e. The lowest BCUT2D eigenvalue weighted by Gasteiger charge is -2.23. The van der Waals surface area contributed by atoms with Crippen LogP contribution in [0.15, 0.2) is 42.5 Å². The van der Waals surface area contributed by atoms with Crippen molar-refractivity contribution in [2.45, 2.75) is 58.0 Å². The molecule has 3 aliphatic rings. The summed E-state index contributed by atoms with van der Waals surface area (Å²) in [5.74, 6) is 1.83. The van der Waals surface area contributed by atoms with Crippen LogP contribution in [0.4, 0.5) is 4.39 Å². The molecule has 3 atom stereocenters. The lowest BCUT2D eigenvalue weighted by molar-refractivity contribution is -0.141. The summed E-state index contributed by atoms with van der Waals surface area (Å²) in [7, 11) is -1.60. The maximum Gasteiger partial charge on any atom is 0.306 e. The number of esters is 1. The highest BCUT2D eigenvalue weighted by Gasteiger charge is 2.32. The van der Waals surface area contributed by atoms with Crippen LogP contribution >= 0.6 is 0 Å². The van der Waals surface area contributed by atoms with Crippen molar-refractivity contribution < 1.29 is 36.6 Å². The summed E-state index contributed by atoms with van der Waals surface area (Å²) < 4.78 is 62.4. The average molecular weight is 609 g/mol. The molecule has 0 saturated carbocycles.